The zero-order valence-electron chi connectivity index (χ0n) is 11.1. The molecule has 2 rings (SSSR count). The van der Waals surface area contributed by atoms with Gasteiger partial charge in [0.15, 0.2) is 11.6 Å². The number of primary amides is 1. The Hall–Kier alpha value is -2.15. The van der Waals surface area contributed by atoms with Crippen molar-refractivity contribution in [3.8, 4) is 0 Å². The highest BCUT2D eigenvalue weighted by atomic mass is 79.9. The third-order valence-electron chi connectivity index (χ3n) is 2.76. The highest BCUT2D eigenvalue weighted by Gasteiger charge is 2.16. The predicted molar refractivity (Wildman–Crippen MR) is 83.0 cm³/mol. The first-order chi connectivity index (χ1) is 9.95. The van der Waals surface area contributed by atoms with Gasteiger partial charge in [-0.15, -0.1) is 0 Å². The summed E-state index contributed by atoms with van der Waals surface area (Å²) in [4.78, 5) is 16.7. The van der Waals surface area contributed by atoms with Crippen LogP contribution >= 0.6 is 15.9 Å². The number of aromatic nitrogens is 1. The SMILES string of the molecule is NC(=O)CN(Cc1cccc(N)c1)c1ncc(Br)cc1F. The van der Waals surface area contributed by atoms with E-state index in [1.807, 2.05) is 6.07 Å². The van der Waals surface area contributed by atoms with Crippen molar-refractivity contribution in [3.05, 3.63) is 52.4 Å². The molecule has 110 valence electrons. The van der Waals surface area contributed by atoms with Crippen LogP contribution in [-0.2, 0) is 11.3 Å². The van der Waals surface area contributed by atoms with Gasteiger partial charge in [0.1, 0.15) is 0 Å². The minimum Gasteiger partial charge on any atom is -0.399 e. The first kappa shape index (κ1) is 15.2. The molecule has 0 aliphatic heterocycles. The molecule has 0 spiro atoms. The lowest BCUT2D eigenvalue weighted by Gasteiger charge is -2.23. The topological polar surface area (TPSA) is 85.2 Å². The molecule has 0 saturated carbocycles. The van der Waals surface area contributed by atoms with Gasteiger partial charge < -0.3 is 16.4 Å². The molecule has 0 saturated heterocycles. The number of nitrogen functional groups attached to an aromatic ring is 1. The van der Waals surface area contributed by atoms with Gasteiger partial charge in [0.2, 0.25) is 5.91 Å². The van der Waals surface area contributed by atoms with Crippen LogP contribution in [0, 0.1) is 5.82 Å². The molecule has 21 heavy (non-hydrogen) atoms. The summed E-state index contributed by atoms with van der Waals surface area (Å²) >= 11 is 3.14. The number of anilines is 2. The summed E-state index contributed by atoms with van der Waals surface area (Å²) in [6.07, 6.45) is 1.46. The average Bonchev–Trinajstić information content (AvgIpc) is 2.37. The Bertz CT molecular complexity index is 665. The summed E-state index contributed by atoms with van der Waals surface area (Å²) in [6.45, 7) is 0.139. The second kappa shape index (κ2) is 6.53. The van der Waals surface area contributed by atoms with Crippen LogP contribution in [0.1, 0.15) is 5.56 Å². The average molecular weight is 353 g/mol. The number of nitrogens with two attached hydrogens (primary N) is 2. The van der Waals surface area contributed by atoms with Crippen molar-refractivity contribution in [1.29, 1.82) is 0 Å². The number of hydrogen-bond donors (Lipinski definition) is 2. The van der Waals surface area contributed by atoms with Gasteiger partial charge in [0.25, 0.3) is 0 Å². The number of hydrogen-bond acceptors (Lipinski definition) is 4. The number of rotatable bonds is 5. The summed E-state index contributed by atoms with van der Waals surface area (Å²) in [5.41, 5.74) is 12.4. The molecule has 1 aromatic carbocycles. The van der Waals surface area contributed by atoms with E-state index in [2.05, 4.69) is 20.9 Å². The monoisotopic (exact) mass is 352 g/mol. The molecular weight excluding hydrogens is 339 g/mol. The number of amides is 1. The van der Waals surface area contributed by atoms with E-state index in [1.165, 1.54) is 17.2 Å². The molecule has 0 aliphatic carbocycles. The standard InChI is InChI=1S/C14H14BrFN4O/c15-10-5-12(16)14(19-6-10)20(8-13(18)21)7-9-2-1-3-11(17)4-9/h1-6H,7-8,17H2,(H2,18,21). The van der Waals surface area contributed by atoms with Gasteiger partial charge in [-0.05, 0) is 39.7 Å². The first-order valence-electron chi connectivity index (χ1n) is 6.14. The fourth-order valence-corrected chi connectivity index (χ4v) is 2.25. The van der Waals surface area contributed by atoms with E-state index in [9.17, 15) is 9.18 Å². The molecule has 1 aromatic heterocycles. The highest BCUT2D eigenvalue weighted by molar-refractivity contribution is 9.10. The van der Waals surface area contributed by atoms with Crippen LogP contribution in [0.4, 0.5) is 15.9 Å². The Balaban J connectivity index is 2.31. The summed E-state index contributed by atoms with van der Waals surface area (Å²) in [6, 6.07) is 8.42. The molecular formula is C14H14BrFN4O. The quantitative estimate of drug-likeness (QED) is 0.806. The number of carbonyl (C=O) groups is 1. The van der Waals surface area contributed by atoms with E-state index in [0.29, 0.717) is 10.2 Å². The van der Waals surface area contributed by atoms with E-state index >= 15 is 0 Å². The molecule has 1 heterocycles. The molecule has 2 aromatic rings. The fourth-order valence-electron chi connectivity index (χ4n) is 1.95. The van der Waals surface area contributed by atoms with Crippen molar-refractivity contribution in [2.24, 2.45) is 5.73 Å². The van der Waals surface area contributed by atoms with E-state index in [1.54, 1.807) is 18.2 Å². The fraction of sp³-hybridized carbons (Fsp3) is 0.143. The third-order valence-corrected chi connectivity index (χ3v) is 3.19. The summed E-state index contributed by atoms with van der Waals surface area (Å²) in [5, 5.41) is 0. The van der Waals surface area contributed by atoms with Crippen molar-refractivity contribution in [2.45, 2.75) is 6.54 Å². The number of nitrogens with zero attached hydrogens (tertiary/aromatic N) is 2. The molecule has 0 bridgehead atoms. The molecule has 0 radical (unpaired) electrons. The Morgan fingerprint density at radius 1 is 1.38 bits per heavy atom. The summed E-state index contributed by atoms with van der Waals surface area (Å²) in [7, 11) is 0. The molecule has 5 nitrogen and oxygen atoms in total. The molecule has 1 amide bonds. The summed E-state index contributed by atoms with van der Waals surface area (Å²) < 4.78 is 14.5. The van der Waals surface area contributed by atoms with Gasteiger partial charge in [0.05, 0.1) is 6.54 Å². The maximum Gasteiger partial charge on any atom is 0.237 e. The molecule has 0 unspecified atom stereocenters. The van der Waals surface area contributed by atoms with Crippen LogP contribution in [-0.4, -0.2) is 17.4 Å². The lowest BCUT2D eigenvalue weighted by atomic mass is 10.2. The second-order valence-electron chi connectivity index (χ2n) is 4.53. The highest BCUT2D eigenvalue weighted by Crippen LogP contribution is 2.22. The predicted octanol–water partition coefficient (Wildman–Crippen LogP) is 2.06. The van der Waals surface area contributed by atoms with Gasteiger partial charge >= 0.3 is 0 Å². The Morgan fingerprint density at radius 3 is 2.76 bits per heavy atom. The van der Waals surface area contributed by atoms with Crippen LogP contribution in [0.25, 0.3) is 0 Å². The van der Waals surface area contributed by atoms with Crippen LogP contribution in [0.3, 0.4) is 0 Å². The Morgan fingerprint density at radius 2 is 2.14 bits per heavy atom. The van der Waals surface area contributed by atoms with Crippen molar-refractivity contribution < 1.29 is 9.18 Å². The zero-order chi connectivity index (χ0) is 15.4. The lowest BCUT2D eigenvalue weighted by molar-refractivity contribution is -0.116. The van der Waals surface area contributed by atoms with Gasteiger partial charge in [0, 0.05) is 22.9 Å². The number of benzene rings is 1. The molecule has 4 N–H and O–H groups in total. The minimum absolute atomic E-state index is 0.0689. The van der Waals surface area contributed by atoms with Gasteiger partial charge in [-0.3, -0.25) is 4.79 Å². The lowest BCUT2D eigenvalue weighted by Crippen LogP contribution is -2.34. The first-order valence-corrected chi connectivity index (χ1v) is 6.93. The van der Waals surface area contributed by atoms with Gasteiger partial charge in [-0.25, -0.2) is 9.37 Å². The summed E-state index contributed by atoms with van der Waals surface area (Å²) in [5.74, 6) is -1.03. The van der Waals surface area contributed by atoms with E-state index < -0.39 is 11.7 Å². The smallest absolute Gasteiger partial charge is 0.237 e. The van der Waals surface area contributed by atoms with Gasteiger partial charge in [-0.2, -0.15) is 0 Å². The van der Waals surface area contributed by atoms with Crippen LogP contribution in [0.15, 0.2) is 41.0 Å². The van der Waals surface area contributed by atoms with E-state index in [0.717, 1.165) is 5.56 Å². The van der Waals surface area contributed by atoms with Crippen molar-refractivity contribution in [3.63, 3.8) is 0 Å². The van der Waals surface area contributed by atoms with E-state index in [4.69, 9.17) is 11.5 Å². The Labute approximate surface area is 129 Å². The third kappa shape index (κ3) is 4.16. The van der Waals surface area contributed by atoms with Crippen LogP contribution < -0.4 is 16.4 Å². The maximum absolute atomic E-state index is 14.0. The minimum atomic E-state index is -0.567. The largest absolute Gasteiger partial charge is 0.399 e. The van der Waals surface area contributed by atoms with E-state index in [-0.39, 0.29) is 18.9 Å². The number of carbonyl (C=O) groups excluding carboxylic acids is 1. The molecule has 0 fully saturated rings. The normalized spacial score (nSPS) is 10.4. The maximum atomic E-state index is 14.0. The Kier molecular flexibility index (Phi) is 4.74. The van der Waals surface area contributed by atoms with Crippen molar-refractivity contribution >= 4 is 33.3 Å². The van der Waals surface area contributed by atoms with Crippen LogP contribution in [0.2, 0.25) is 0 Å². The van der Waals surface area contributed by atoms with Crippen molar-refractivity contribution in [2.75, 3.05) is 17.2 Å². The second-order valence-corrected chi connectivity index (χ2v) is 5.44. The number of halogens is 2. The molecule has 7 heteroatoms. The number of pyridine rings is 1. The molecule has 0 atom stereocenters. The van der Waals surface area contributed by atoms with Crippen LogP contribution in [0.5, 0.6) is 0 Å². The zero-order valence-corrected chi connectivity index (χ0v) is 12.7. The van der Waals surface area contributed by atoms with Crippen molar-refractivity contribution in [1.82, 2.24) is 4.98 Å². The van der Waals surface area contributed by atoms with Gasteiger partial charge in [-0.1, -0.05) is 12.1 Å². The molecule has 0 aliphatic rings.